The third kappa shape index (κ3) is 3.43. The van der Waals surface area contributed by atoms with Gasteiger partial charge in [-0.1, -0.05) is 30.3 Å². The van der Waals surface area contributed by atoms with Crippen LogP contribution in [0, 0.1) is 0 Å². The maximum atomic E-state index is 12.7. The number of rotatable bonds is 4. The molecule has 1 fully saturated rings. The number of amides is 4. The highest BCUT2D eigenvalue weighted by Gasteiger charge is 2.36. The summed E-state index contributed by atoms with van der Waals surface area (Å²) < 4.78 is 5.17. The molecule has 0 radical (unpaired) electrons. The lowest BCUT2D eigenvalue weighted by atomic mass is 10.1. The highest BCUT2D eigenvalue weighted by atomic mass is 16.3. The van der Waals surface area contributed by atoms with E-state index >= 15 is 0 Å². The molecule has 1 saturated heterocycles. The molecule has 3 heterocycles. The lowest BCUT2D eigenvalue weighted by molar-refractivity contribution is -0.130. The van der Waals surface area contributed by atoms with Gasteiger partial charge in [-0.05, 0) is 18.2 Å². The smallest absolute Gasteiger partial charge is 0.331 e. The number of nitrogens with one attached hydrogen (secondary N) is 1. The van der Waals surface area contributed by atoms with Gasteiger partial charge in [0.25, 0.3) is 11.8 Å². The van der Waals surface area contributed by atoms with Gasteiger partial charge in [-0.25, -0.2) is 14.8 Å². The Balaban J connectivity index is 1.59. The second-order valence-corrected chi connectivity index (χ2v) is 5.99. The maximum absolute atomic E-state index is 12.7. The van der Waals surface area contributed by atoms with E-state index in [9.17, 15) is 14.4 Å². The van der Waals surface area contributed by atoms with Crippen LogP contribution >= 0.6 is 0 Å². The van der Waals surface area contributed by atoms with Gasteiger partial charge in [-0.3, -0.25) is 19.8 Å². The Kier molecular flexibility index (Phi) is 4.51. The summed E-state index contributed by atoms with van der Waals surface area (Å²) >= 11 is 0. The summed E-state index contributed by atoms with van der Waals surface area (Å²) in [6.07, 6.45) is 5.82. The molecule has 0 unspecified atom stereocenters. The van der Waals surface area contributed by atoms with Crippen LogP contribution in [0.2, 0.25) is 0 Å². The second-order valence-electron chi connectivity index (χ2n) is 5.99. The van der Waals surface area contributed by atoms with Crippen LogP contribution in [0.5, 0.6) is 0 Å². The number of aromatic nitrogens is 2. The molecule has 0 aliphatic carbocycles. The monoisotopic (exact) mass is 374 g/mol. The van der Waals surface area contributed by atoms with E-state index in [1.807, 2.05) is 30.3 Å². The van der Waals surface area contributed by atoms with Crippen LogP contribution in [0.4, 0.5) is 4.79 Å². The third-order valence-electron chi connectivity index (χ3n) is 4.09. The van der Waals surface area contributed by atoms with E-state index in [2.05, 4.69) is 15.3 Å². The Morgan fingerprint density at radius 1 is 1.00 bits per heavy atom. The molecule has 0 atom stereocenters. The van der Waals surface area contributed by atoms with E-state index in [0.29, 0.717) is 17.1 Å². The van der Waals surface area contributed by atoms with Crippen molar-refractivity contribution in [3.63, 3.8) is 0 Å². The Bertz CT molecular complexity index is 1060. The molecule has 28 heavy (non-hydrogen) atoms. The van der Waals surface area contributed by atoms with Crippen molar-refractivity contribution in [2.75, 3.05) is 0 Å². The number of hydrogen-bond acceptors (Lipinski definition) is 6. The molecule has 1 aromatic carbocycles. The van der Waals surface area contributed by atoms with E-state index < -0.39 is 17.8 Å². The standard InChI is InChI=1S/C20H14N4O4/c25-18-16(19(26)24(20(27)23-18)12-15-7-4-8-28-15)9-13-10-21-17(22-11-13)14-5-2-1-3-6-14/h1-11H,12H2,(H,23,25,27). The zero-order valence-corrected chi connectivity index (χ0v) is 14.5. The topological polar surface area (TPSA) is 105 Å². The molecule has 1 N–H and O–H groups in total. The fourth-order valence-electron chi connectivity index (χ4n) is 2.71. The molecular weight excluding hydrogens is 360 g/mol. The summed E-state index contributed by atoms with van der Waals surface area (Å²) in [6, 6.07) is 11.9. The zero-order valence-electron chi connectivity index (χ0n) is 14.5. The fraction of sp³-hybridized carbons (Fsp3) is 0.0500. The van der Waals surface area contributed by atoms with Gasteiger partial charge in [-0.15, -0.1) is 0 Å². The SMILES string of the molecule is O=C1NC(=O)N(Cc2ccco2)C(=O)C1=Cc1cnc(-c2ccccc2)nc1. The molecule has 1 aliphatic heterocycles. The number of imide groups is 2. The van der Waals surface area contributed by atoms with Crippen molar-refractivity contribution in [1.82, 2.24) is 20.2 Å². The Labute approximate surface area is 159 Å². The van der Waals surface area contributed by atoms with Crippen molar-refractivity contribution >= 4 is 23.9 Å². The molecule has 8 heteroatoms. The first kappa shape index (κ1) is 17.3. The van der Waals surface area contributed by atoms with E-state index in [1.54, 1.807) is 12.1 Å². The molecule has 138 valence electrons. The van der Waals surface area contributed by atoms with E-state index in [4.69, 9.17) is 4.42 Å². The normalized spacial score (nSPS) is 15.8. The van der Waals surface area contributed by atoms with Gasteiger partial charge in [0.2, 0.25) is 0 Å². The Morgan fingerprint density at radius 3 is 2.43 bits per heavy atom. The first-order valence-corrected chi connectivity index (χ1v) is 8.40. The van der Waals surface area contributed by atoms with Crippen LogP contribution in [0.3, 0.4) is 0 Å². The summed E-state index contributed by atoms with van der Waals surface area (Å²) in [6.45, 7) is -0.0776. The number of benzene rings is 1. The van der Waals surface area contributed by atoms with Gasteiger partial charge in [0.1, 0.15) is 11.3 Å². The van der Waals surface area contributed by atoms with Gasteiger partial charge in [-0.2, -0.15) is 0 Å². The molecule has 4 rings (SSSR count). The summed E-state index contributed by atoms with van der Waals surface area (Å²) in [5, 5.41) is 2.16. The highest BCUT2D eigenvalue weighted by molar-refractivity contribution is 6.30. The Morgan fingerprint density at radius 2 is 1.75 bits per heavy atom. The predicted octanol–water partition coefficient (Wildman–Crippen LogP) is 2.40. The molecular formula is C20H14N4O4. The van der Waals surface area contributed by atoms with Crippen molar-refractivity contribution in [2.24, 2.45) is 0 Å². The van der Waals surface area contributed by atoms with Gasteiger partial charge >= 0.3 is 6.03 Å². The summed E-state index contributed by atoms with van der Waals surface area (Å²) in [7, 11) is 0. The van der Waals surface area contributed by atoms with Crippen LogP contribution < -0.4 is 5.32 Å². The second kappa shape index (κ2) is 7.28. The van der Waals surface area contributed by atoms with E-state index in [0.717, 1.165) is 10.5 Å². The fourth-order valence-corrected chi connectivity index (χ4v) is 2.71. The molecule has 8 nitrogen and oxygen atoms in total. The van der Waals surface area contributed by atoms with Gasteiger partial charge < -0.3 is 4.42 Å². The van der Waals surface area contributed by atoms with Crippen molar-refractivity contribution in [2.45, 2.75) is 6.54 Å². The molecule has 3 aromatic rings. The van der Waals surface area contributed by atoms with E-state index in [1.165, 1.54) is 24.7 Å². The molecule has 2 aromatic heterocycles. The number of carbonyl (C=O) groups excluding carboxylic acids is 3. The number of urea groups is 1. The van der Waals surface area contributed by atoms with E-state index in [-0.39, 0.29) is 12.1 Å². The van der Waals surface area contributed by atoms with Crippen LogP contribution in [0.1, 0.15) is 11.3 Å². The molecule has 0 spiro atoms. The molecule has 0 bridgehead atoms. The minimum absolute atomic E-state index is 0.0776. The quantitative estimate of drug-likeness (QED) is 0.555. The summed E-state index contributed by atoms with van der Waals surface area (Å²) in [4.78, 5) is 46.3. The van der Waals surface area contributed by atoms with Crippen molar-refractivity contribution < 1.29 is 18.8 Å². The van der Waals surface area contributed by atoms with Gasteiger partial charge in [0.15, 0.2) is 5.82 Å². The highest BCUT2D eigenvalue weighted by Crippen LogP contribution is 2.18. The van der Waals surface area contributed by atoms with Gasteiger partial charge in [0.05, 0.1) is 12.8 Å². The molecule has 1 aliphatic rings. The van der Waals surface area contributed by atoms with Crippen molar-refractivity contribution in [3.05, 3.63) is 78.0 Å². The van der Waals surface area contributed by atoms with Crippen LogP contribution in [0.25, 0.3) is 17.5 Å². The average molecular weight is 374 g/mol. The van der Waals surface area contributed by atoms with Crippen LogP contribution in [0.15, 0.2) is 71.1 Å². The zero-order chi connectivity index (χ0) is 19.5. The lowest BCUT2D eigenvalue weighted by Crippen LogP contribution is -2.53. The first-order chi connectivity index (χ1) is 13.6. The largest absolute Gasteiger partial charge is 0.467 e. The van der Waals surface area contributed by atoms with Crippen molar-refractivity contribution in [3.8, 4) is 11.4 Å². The number of carbonyl (C=O) groups is 3. The maximum Gasteiger partial charge on any atom is 0.331 e. The minimum Gasteiger partial charge on any atom is -0.467 e. The number of hydrogen-bond donors (Lipinski definition) is 1. The number of furan rings is 1. The lowest BCUT2D eigenvalue weighted by Gasteiger charge is -2.25. The predicted molar refractivity (Wildman–Crippen MR) is 98.2 cm³/mol. The summed E-state index contributed by atoms with van der Waals surface area (Å²) in [5.74, 6) is -0.528. The Hall–Kier alpha value is -4.07. The number of nitrogens with zero attached hydrogens (tertiary/aromatic N) is 3. The number of barbiturate groups is 1. The summed E-state index contributed by atoms with van der Waals surface area (Å²) in [5.41, 5.74) is 1.14. The van der Waals surface area contributed by atoms with Crippen molar-refractivity contribution in [1.29, 1.82) is 0 Å². The molecule has 4 amide bonds. The minimum atomic E-state index is -0.792. The van der Waals surface area contributed by atoms with Crippen LogP contribution in [-0.2, 0) is 16.1 Å². The van der Waals surface area contributed by atoms with Gasteiger partial charge in [0, 0.05) is 23.5 Å². The molecule has 0 saturated carbocycles. The first-order valence-electron chi connectivity index (χ1n) is 8.40. The average Bonchev–Trinajstić information content (AvgIpc) is 3.23. The third-order valence-corrected chi connectivity index (χ3v) is 4.09. The van der Waals surface area contributed by atoms with Crippen LogP contribution in [-0.4, -0.2) is 32.7 Å².